The van der Waals surface area contributed by atoms with Crippen molar-refractivity contribution in [3.8, 4) is 5.75 Å². The lowest BCUT2D eigenvalue weighted by molar-refractivity contribution is -0.153. The number of phenolic OH excluding ortho intramolecular Hbond substituents is 1. The van der Waals surface area contributed by atoms with E-state index in [9.17, 15) is 34.2 Å². The molecule has 1 aromatic heterocycles. The predicted molar refractivity (Wildman–Crippen MR) is 214 cm³/mol. The highest BCUT2D eigenvalue weighted by Gasteiger charge is 2.39. The number of hydrogen-bond acceptors (Lipinski definition) is 11. The van der Waals surface area contributed by atoms with Gasteiger partial charge in [-0.1, -0.05) is 65.7 Å². The maximum Gasteiger partial charge on any atom is 0.306 e. The van der Waals surface area contributed by atoms with E-state index in [2.05, 4.69) is 22.2 Å². The topological polar surface area (TPSA) is 188 Å². The number of nitrogens with zero attached hydrogens (tertiary/aromatic N) is 3. The second-order valence-electron chi connectivity index (χ2n) is 15.2. The Morgan fingerprint density at radius 1 is 1.09 bits per heavy atom. The zero-order valence-electron chi connectivity index (χ0n) is 33.9. The van der Waals surface area contributed by atoms with Crippen molar-refractivity contribution in [2.45, 2.75) is 117 Å². The van der Waals surface area contributed by atoms with Crippen LogP contribution in [-0.2, 0) is 35.1 Å². The van der Waals surface area contributed by atoms with E-state index in [0.29, 0.717) is 24.3 Å². The highest BCUT2D eigenvalue weighted by molar-refractivity contribution is 7.09. The van der Waals surface area contributed by atoms with E-state index in [1.165, 1.54) is 19.1 Å². The molecule has 4 N–H and O–H groups in total. The van der Waals surface area contributed by atoms with Crippen LogP contribution in [0.4, 0.5) is 0 Å². The predicted octanol–water partition coefficient (Wildman–Crippen LogP) is 5.32. The molecule has 3 rings (SSSR count). The molecule has 1 saturated heterocycles. The summed E-state index contributed by atoms with van der Waals surface area (Å²) in [5.74, 6) is -3.61. The molecule has 3 amide bonds. The molecule has 1 aliphatic heterocycles. The van der Waals surface area contributed by atoms with Crippen LogP contribution < -0.4 is 10.6 Å². The molecule has 0 unspecified atom stereocenters. The lowest BCUT2D eigenvalue weighted by Crippen LogP contribution is -2.59. The summed E-state index contributed by atoms with van der Waals surface area (Å²) in [5.41, 5.74) is 0.864. The normalized spacial score (nSPS) is 17.8. The first-order valence-electron chi connectivity index (χ1n) is 19.5. The lowest BCUT2D eigenvalue weighted by Gasteiger charge is -2.39. The number of esters is 1. The van der Waals surface area contributed by atoms with Gasteiger partial charge >= 0.3 is 11.9 Å². The van der Waals surface area contributed by atoms with Gasteiger partial charge in [-0.25, -0.2) is 4.98 Å². The van der Waals surface area contributed by atoms with Gasteiger partial charge in [0.1, 0.15) is 29.2 Å². The zero-order chi connectivity index (χ0) is 41.5. The van der Waals surface area contributed by atoms with Crippen molar-refractivity contribution in [1.82, 2.24) is 25.4 Å². The fourth-order valence-corrected chi connectivity index (χ4v) is 7.73. The van der Waals surface area contributed by atoms with Gasteiger partial charge in [0, 0.05) is 30.8 Å². The highest BCUT2D eigenvalue weighted by Crippen LogP contribution is 2.32. The number of aromatic nitrogens is 1. The summed E-state index contributed by atoms with van der Waals surface area (Å²) in [7, 11) is 1.92. The summed E-state index contributed by atoms with van der Waals surface area (Å²) < 4.78 is 11.7. The van der Waals surface area contributed by atoms with Crippen LogP contribution >= 0.6 is 11.3 Å². The Kier molecular flexibility index (Phi) is 18.4. The molecule has 0 aliphatic carbocycles. The van der Waals surface area contributed by atoms with Gasteiger partial charge in [0.15, 0.2) is 6.10 Å². The Bertz CT molecular complexity index is 1620. The molecule has 310 valence electrons. The number of hydrogen-bond donors (Lipinski definition) is 4. The maximum absolute atomic E-state index is 14.7. The molecule has 14 nitrogen and oxygen atoms in total. The summed E-state index contributed by atoms with van der Waals surface area (Å²) in [6, 6.07) is 4.19. The van der Waals surface area contributed by atoms with E-state index >= 15 is 0 Å². The first-order chi connectivity index (χ1) is 26.6. The van der Waals surface area contributed by atoms with Gasteiger partial charge in [0.25, 0.3) is 5.91 Å². The number of carboxylic acids is 1. The molecule has 7 atom stereocenters. The number of phenols is 1. The van der Waals surface area contributed by atoms with Crippen LogP contribution in [-0.4, -0.2) is 106 Å². The molecular formula is C41H61N5O9S. The zero-order valence-corrected chi connectivity index (χ0v) is 34.7. The third-order valence-electron chi connectivity index (χ3n) is 10.4. The number of carbonyl (C=O) groups is 5. The fourth-order valence-electron chi connectivity index (χ4n) is 6.89. The van der Waals surface area contributed by atoms with Crippen molar-refractivity contribution in [2.24, 2.45) is 17.8 Å². The summed E-state index contributed by atoms with van der Waals surface area (Å²) in [6.45, 7) is 15.3. The number of carbonyl (C=O) groups excluding carboxylic acids is 4. The number of aliphatic carboxylic acids is 1. The van der Waals surface area contributed by atoms with Crippen molar-refractivity contribution in [3.05, 3.63) is 58.6 Å². The summed E-state index contributed by atoms with van der Waals surface area (Å²) in [4.78, 5) is 74.3. The first-order valence-corrected chi connectivity index (χ1v) is 20.4. The van der Waals surface area contributed by atoms with E-state index in [0.717, 1.165) is 36.3 Å². The molecule has 56 heavy (non-hydrogen) atoms. The highest BCUT2D eigenvalue weighted by atomic mass is 32.1. The average molecular weight is 800 g/mol. The van der Waals surface area contributed by atoms with Crippen LogP contribution in [0, 0.1) is 17.8 Å². The number of piperidine rings is 1. The number of carboxylic acid groups (broad SMARTS) is 1. The largest absolute Gasteiger partial charge is 0.508 e. The van der Waals surface area contributed by atoms with Crippen molar-refractivity contribution in [3.63, 3.8) is 0 Å². The third-order valence-corrected chi connectivity index (χ3v) is 11.3. The molecule has 1 fully saturated rings. The fraction of sp³-hybridized carbons (Fsp3) is 0.610. The summed E-state index contributed by atoms with van der Waals surface area (Å²) in [5, 5.41) is 27.2. The number of likely N-dealkylation sites (tertiary alicyclic amines) is 1. The van der Waals surface area contributed by atoms with E-state index in [4.69, 9.17) is 9.47 Å². The Morgan fingerprint density at radius 2 is 1.79 bits per heavy atom. The molecule has 15 heteroatoms. The smallest absolute Gasteiger partial charge is 0.306 e. The molecular weight excluding hydrogens is 739 g/mol. The number of nitrogens with one attached hydrogen (secondary N) is 2. The Morgan fingerprint density at radius 3 is 2.38 bits per heavy atom. The van der Waals surface area contributed by atoms with Gasteiger partial charge in [0.05, 0.1) is 18.6 Å². The summed E-state index contributed by atoms with van der Waals surface area (Å²) >= 11 is 1.13. The third kappa shape index (κ3) is 13.7. The number of likely N-dealkylation sites (N-methyl/N-ethyl adjacent to an activating group) is 1. The lowest BCUT2D eigenvalue weighted by atomic mass is 9.92. The van der Waals surface area contributed by atoms with Crippen LogP contribution in [0.3, 0.4) is 0 Å². The molecule has 0 spiro atoms. The number of benzene rings is 1. The van der Waals surface area contributed by atoms with Crippen LogP contribution in [0.15, 0.2) is 42.3 Å². The molecule has 0 saturated carbocycles. The number of aromatic hydroxyl groups is 1. The van der Waals surface area contributed by atoms with Crippen LogP contribution in [0.25, 0.3) is 0 Å². The second-order valence-corrected chi connectivity index (χ2v) is 16.1. The minimum Gasteiger partial charge on any atom is -0.508 e. The van der Waals surface area contributed by atoms with Gasteiger partial charge in [-0.05, 0) is 68.8 Å². The Balaban J connectivity index is 1.91. The second kappa shape index (κ2) is 22.4. The van der Waals surface area contributed by atoms with Gasteiger partial charge in [-0.15, -0.1) is 17.9 Å². The molecule has 0 bridgehead atoms. The molecule has 2 heterocycles. The standard InChI is InChI=1S/C41H61N5O9S/c1-9-19-54-24-46(40(51)36(26(5)10-2)44-38(50)33-13-11-12-18-45(33)8)34(25(3)4)22-35(55-28(7)47)39-43-32(23-56-39)37(49)42-30(20-27(6)41(52)53)21-29-14-16-31(48)17-15-29/h9,14-17,23,25-27,30,33-36,48H,1,10-13,18-22,24H2,2-8H3,(H,42,49)(H,44,50)(H,52,53)/t26-,27-,30+,33+,34+,35+,36-/m0/s1. The average Bonchev–Trinajstić information content (AvgIpc) is 3.65. The Hall–Kier alpha value is -4.34. The number of rotatable bonds is 22. The van der Waals surface area contributed by atoms with Crippen LogP contribution in [0.1, 0.15) is 107 Å². The molecule has 1 aromatic carbocycles. The van der Waals surface area contributed by atoms with Crippen molar-refractivity contribution in [2.75, 3.05) is 26.9 Å². The molecule has 2 aromatic rings. The maximum atomic E-state index is 14.7. The van der Waals surface area contributed by atoms with Gasteiger partial charge in [-0.2, -0.15) is 0 Å². The quantitative estimate of drug-likeness (QED) is 0.0523. The molecule has 1 aliphatic rings. The monoisotopic (exact) mass is 799 g/mol. The molecule has 0 radical (unpaired) electrons. The van der Waals surface area contributed by atoms with Gasteiger partial charge < -0.3 is 35.2 Å². The number of amides is 3. The van der Waals surface area contributed by atoms with E-state index < -0.39 is 48.0 Å². The minimum atomic E-state index is -0.994. The SMILES string of the molecule is C=CCOCN(C(=O)[C@@H](NC(=O)[C@H]1CCCCN1C)[C@@H](C)CC)[C@H](C[C@@H](OC(C)=O)c1nc(C(=O)N[C@@H](Cc2ccc(O)cc2)C[C@H](C)C(=O)O)cs1)C(C)C. The number of ether oxygens (including phenoxy) is 2. The number of thiazole rings is 1. The first kappa shape index (κ1) is 46.0. The van der Waals surface area contributed by atoms with Crippen molar-refractivity contribution in [1.29, 1.82) is 0 Å². The minimum absolute atomic E-state index is 0.0661. The van der Waals surface area contributed by atoms with E-state index in [-0.39, 0.29) is 67.3 Å². The van der Waals surface area contributed by atoms with Crippen LogP contribution in [0.2, 0.25) is 0 Å². The van der Waals surface area contributed by atoms with Gasteiger partial charge in [-0.3, -0.25) is 28.9 Å². The van der Waals surface area contributed by atoms with E-state index in [1.54, 1.807) is 35.4 Å². The Labute approximate surface area is 335 Å². The summed E-state index contributed by atoms with van der Waals surface area (Å²) in [6.07, 6.45) is 4.54. The van der Waals surface area contributed by atoms with Crippen molar-refractivity contribution < 1.29 is 43.7 Å². The van der Waals surface area contributed by atoms with Crippen molar-refractivity contribution >= 4 is 41.0 Å². The van der Waals surface area contributed by atoms with Gasteiger partial charge in [0.2, 0.25) is 11.8 Å². The van der Waals surface area contributed by atoms with Crippen LogP contribution in [0.5, 0.6) is 5.75 Å². The van der Waals surface area contributed by atoms with E-state index in [1.807, 2.05) is 39.6 Å².